The summed E-state index contributed by atoms with van der Waals surface area (Å²) in [6, 6.07) is 6.95. The molecule has 0 aliphatic carbocycles. The van der Waals surface area contributed by atoms with Crippen molar-refractivity contribution >= 4 is 11.0 Å². The maximum Gasteiger partial charge on any atom is 0.360 e. The largest absolute Gasteiger partial charge is 0.508 e. The van der Waals surface area contributed by atoms with E-state index in [9.17, 15) is 55.9 Å². The van der Waals surface area contributed by atoms with E-state index in [1.165, 1.54) is 31.2 Å². The highest BCUT2D eigenvalue weighted by Crippen LogP contribution is 2.41. The van der Waals surface area contributed by atoms with Gasteiger partial charge in [-0.25, -0.2) is 0 Å². The highest BCUT2D eigenvalue weighted by atomic mass is 16.9. The summed E-state index contributed by atoms with van der Waals surface area (Å²) in [4.78, 5) is 13.9. The Balaban J connectivity index is 1.71. The lowest BCUT2D eigenvalue weighted by atomic mass is 9.97. The summed E-state index contributed by atoms with van der Waals surface area (Å²) in [7, 11) is 0. The van der Waals surface area contributed by atoms with E-state index in [2.05, 4.69) is 0 Å². The zero-order valence-electron chi connectivity index (χ0n) is 22.3. The van der Waals surface area contributed by atoms with Crippen LogP contribution in [0, 0.1) is 0 Å². The minimum Gasteiger partial charge on any atom is -0.508 e. The van der Waals surface area contributed by atoms with Crippen LogP contribution in [0.3, 0.4) is 0 Å². The number of benzene rings is 2. The quantitative estimate of drug-likeness (QED) is 0.134. The monoisotopic (exact) mass is 610 g/mol. The zero-order chi connectivity index (χ0) is 31.4. The molecule has 5 rings (SSSR count). The summed E-state index contributed by atoms with van der Waals surface area (Å²) in [6.45, 7) is 0.387. The van der Waals surface area contributed by atoms with Gasteiger partial charge in [-0.15, -0.1) is 0 Å². The molecule has 2 aliphatic heterocycles. The van der Waals surface area contributed by atoms with E-state index < -0.39 is 102 Å². The van der Waals surface area contributed by atoms with Crippen LogP contribution in [0.25, 0.3) is 22.3 Å². The van der Waals surface area contributed by atoms with Gasteiger partial charge in [0.15, 0.2) is 18.2 Å². The summed E-state index contributed by atoms with van der Waals surface area (Å²) >= 11 is 0. The molecule has 1 aromatic heterocycles. The highest BCUT2D eigenvalue weighted by Gasteiger charge is 2.60. The number of aliphatic hydroxyl groups excluding tert-OH is 7. The molecular formula is C27H30O16. The molecule has 2 saturated heterocycles. The van der Waals surface area contributed by atoms with Crippen molar-refractivity contribution in [2.24, 2.45) is 0 Å². The van der Waals surface area contributed by atoms with Crippen LogP contribution in [0.15, 0.2) is 45.6 Å². The Kier molecular flexibility index (Phi) is 8.27. The molecular weight excluding hydrogens is 580 g/mol. The molecule has 0 saturated carbocycles. The first-order valence-electron chi connectivity index (χ1n) is 13.0. The molecule has 234 valence electrons. The van der Waals surface area contributed by atoms with Crippen LogP contribution >= 0.6 is 0 Å². The van der Waals surface area contributed by atoms with Crippen molar-refractivity contribution in [3.63, 3.8) is 0 Å². The number of hydrogen-bond acceptors (Lipinski definition) is 16. The van der Waals surface area contributed by atoms with Gasteiger partial charge in [0.1, 0.15) is 64.8 Å². The SMILES string of the molecule is C[C@H]1OC(Oc2c(-c3ccc(O)cc3)oc3cc(O)cc(O)c3c2=O)(O[C@H]2OC(CO)[C@@H](O)C(O)[C@@H]2O)[C@@H](O)[C@@H](O)[C@@H]1O. The summed E-state index contributed by atoms with van der Waals surface area (Å²) in [6.07, 6.45) is -16.9. The molecule has 0 radical (unpaired) electrons. The lowest BCUT2D eigenvalue weighted by molar-refractivity contribution is -0.475. The molecule has 43 heavy (non-hydrogen) atoms. The van der Waals surface area contributed by atoms with Crippen LogP contribution in [0.1, 0.15) is 6.92 Å². The van der Waals surface area contributed by atoms with E-state index in [4.69, 9.17) is 23.4 Å². The van der Waals surface area contributed by atoms with Gasteiger partial charge in [-0.1, -0.05) is 0 Å². The van der Waals surface area contributed by atoms with Gasteiger partial charge >= 0.3 is 5.97 Å². The van der Waals surface area contributed by atoms with Crippen molar-refractivity contribution in [3.05, 3.63) is 46.6 Å². The van der Waals surface area contributed by atoms with Crippen molar-refractivity contribution in [1.29, 1.82) is 0 Å². The Morgan fingerprint density at radius 3 is 2.19 bits per heavy atom. The van der Waals surface area contributed by atoms with Gasteiger partial charge in [0.05, 0.1) is 12.7 Å². The van der Waals surface area contributed by atoms with Gasteiger partial charge in [0.2, 0.25) is 11.2 Å². The number of rotatable bonds is 6. The normalized spacial score (nSPS) is 34.7. The van der Waals surface area contributed by atoms with Crippen LogP contribution in [-0.2, 0) is 14.2 Å². The summed E-state index contributed by atoms with van der Waals surface area (Å²) in [5.74, 6) is -5.63. The van der Waals surface area contributed by atoms with Crippen LogP contribution < -0.4 is 10.2 Å². The molecule has 10 atom stereocenters. The van der Waals surface area contributed by atoms with Gasteiger partial charge in [-0.2, -0.15) is 0 Å². The van der Waals surface area contributed by atoms with Gasteiger partial charge in [-0.3, -0.25) is 9.53 Å². The first-order chi connectivity index (χ1) is 20.3. The maximum absolute atomic E-state index is 13.9. The van der Waals surface area contributed by atoms with Gasteiger partial charge in [-0.05, 0) is 31.2 Å². The van der Waals surface area contributed by atoms with E-state index in [0.717, 1.165) is 12.1 Å². The van der Waals surface area contributed by atoms with Crippen molar-refractivity contribution in [3.8, 4) is 34.3 Å². The minimum atomic E-state index is -3.04. The molecule has 3 heterocycles. The van der Waals surface area contributed by atoms with Crippen LogP contribution in [0.4, 0.5) is 0 Å². The second-order valence-electron chi connectivity index (χ2n) is 10.2. The van der Waals surface area contributed by atoms with E-state index in [-0.39, 0.29) is 16.9 Å². The maximum atomic E-state index is 13.9. The smallest absolute Gasteiger partial charge is 0.360 e. The number of phenolic OH excluding ortho intramolecular Hbond substituents is 3. The lowest BCUT2D eigenvalue weighted by Gasteiger charge is -2.49. The average Bonchev–Trinajstić information content (AvgIpc) is 2.96. The number of hydrogen-bond donors (Lipinski definition) is 10. The Bertz CT molecular complexity index is 1520. The molecule has 2 aromatic carbocycles. The Morgan fingerprint density at radius 2 is 1.53 bits per heavy atom. The van der Waals surface area contributed by atoms with Crippen LogP contribution in [0.5, 0.6) is 23.0 Å². The second-order valence-corrected chi connectivity index (χ2v) is 10.2. The molecule has 0 spiro atoms. The van der Waals surface area contributed by atoms with Crippen LogP contribution in [-0.4, -0.2) is 119 Å². The molecule has 16 heteroatoms. The first kappa shape index (κ1) is 30.9. The number of fused-ring (bicyclic) bond motifs is 1. The number of aliphatic hydroxyl groups is 7. The molecule has 0 amide bonds. The van der Waals surface area contributed by atoms with Crippen LogP contribution in [0.2, 0.25) is 0 Å². The second kappa shape index (κ2) is 11.5. The highest BCUT2D eigenvalue weighted by molar-refractivity contribution is 5.88. The first-order valence-corrected chi connectivity index (χ1v) is 13.0. The minimum absolute atomic E-state index is 0.0801. The Hall–Kier alpha value is -3.55. The third-order valence-electron chi connectivity index (χ3n) is 7.29. The van der Waals surface area contributed by atoms with E-state index >= 15 is 0 Å². The summed E-state index contributed by atoms with van der Waals surface area (Å²) in [5, 5.41) is 103. The van der Waals surface area contributed by atoms with Gasteiger partial charge in [0, 0.05) is 17.7 Å². The van der Waals surface area contributed by atoms with Gasteiger partial charge < -0.3 is 69.7 Å². The number of phenols is 3. The lowest BCUT2D eigenvalue weighted by Crippen LogP contribution is -2.70. The molecule has 2 aliphatic rings. The topological polar surface area (TPSA) is 269 Å². The Morgan fingerprint density at radius 1 is 0.860 bits per heavy atom. The van der Waals surface area contributed by atoms with Crippen molar-refractivity contribution < 1.29 is 74.4 Å². The van der Waals surface area contributed by atoms with Crippen molar-refractivity contribution in [2.75, 3.05) is 6.61 Å². The average molecular weight is 611 g/mol. The molecule has 10 N–H and O–H groups in total. The fourth-order valence-electron chi connectivity index (χ4n) is 4.91. The summed E-state index contributed by atoms with van der Waals surface area (Å²) < 4.78 is 28.4. The fourth-order valence-corrected chi connectivity index (χ4v) is 4.91. The van der Waals surface area contributed by atoms with Crippen molar-refractivity contribution in [2.45, 2.75) is 68.0 Å². The fraction of sp³-hybridized carbons (Fsp3) is 0.444. The van der Waals surface area contributed by atoms with Gasteiger partial charge in [0.25, 0.3) is 0 Å². The zero-order valence-corrected chi connectivity index (χ0v) is 22.3. The molecule has 2 fully saturated rings. The molecule has 16 nitrogen and oxygen atoms in total. The number of aromatic hydroxyl groups is 3. The summed E-state index contributed by atoms with van der Waals surface area (Å²) in [5.41, 5.74) is -1.34. The third-order valence-corrected chi connectivity index (χ3v) is 7.29. The Labute approximate surface area is 241 Å². The third kappa shape index (κ3) is 5.38. The standard InChI is InChI=1S/C27H30O16/c1-9-17(32)21(36)25(38)27(41-9,43-26-22(37)20(35)18(33)15(8-28)40-26)42-24-19(34)16-13(31)6-12(30)7-14(16)39-23(24)10-2-4-11(29)5-3-10/h2-7,9,15,17-18,20-22,25-26,28-33,35-38H,8H2,1H3/t9-,15?,17-,18-,20?,21+,22+,25+,26-,27?/m1/s1. The molecule has 0 bridgehead atoms. The predicted molar refractivity (Wildman–Crippen MR) is 140 cm³/mol. The predicted octanol–water partition coefficient (Wildman–Crippen LogP) is -2.07. The van der Waals surface area contributed by atoms with E-state index in [1.54, 1.807) is 0 Å². The molecule has 3 unspecified atom stereocenters. The number of ether oxygens (including phenoxy) is 4. The molecule has 3 aromatic rings. The van der Waals surface area contributed by atoms with E-state index in [1.807, 2.05) is 0 Å². The van der Waals surface area contributed by atoms with E-state index in [0.29, 0.717) is 0 Å². The van der Waals surface area contributed by atoms with Crippen molar-refractivity contribution in [1.82, 2.24) is 0 Å².